The molecule has 2 N–H and O–H groups in total. The topological polar surface area (TPSA) is 41.5 Å². The van der Waals surface area contributed by atoms with Gasteiger partial charge in [0.05, 0.1) is 12.7 Å². The fraction of sp³-hybridized carbons (Fsp3) is 0.571. The summed E-state index contributed by atoms with van der Waals surface area (Å²) in [5.74, 6) is -0.143. The van der Waals surface area contributed by atoms with Gasteiger partial charge in [-0.05, 0) is 37.5 Å². The van der Waals surface area contributed by atoms with Crippen LogP contribution >= 0.6 is 0 Å². The number of hydrogen-bond acceptors (Lipinski definition) is 3. The summed E-state index contributed by atoms with van der Waals surface area (Å²) >= 11 is 0. The summed E-state index contributed by atoms with van der Waals surface area (Å²) in [5, 5.41) is 12.7. The van der Waals surface area contributed by atoms with Gasteiger partial charge >= 0.3 is 0 Å². The van der Waals surface area contributed by atoms with Gasteiger partial charge in [-0.3, -0.25) is 0 Å². The molecule has 1 aromatic carbocycles. The fourth-order valence-electron chi connectivity index (χ4n) is 1.83. The van der Waals surface area contributed by atoms with Crippen LogP contribution in [0, 0.1) is 19.7 Å². The quantitative estimate of drug-likeness (QED) is 0.782. The average molecular weight is 255 g/mol. The SMILES string of the molecule is CCOCC(O)CNCc1cc(C)c(F)c(C)c1. The Morgan fingerprint density at radius 1 is 1.33 bits per heavy atom. The molecule has 0 aliphatic heterocycles. The zero-order valence-electron chi connectivity index (χ0n) is 11.3. The molecule has 4 heteroatoms. The molecule has 0 aliphatic rings. The van der Waals surface area contributed by atoms with E-state index in [0.717, 1.165) is 5.56 Å². The summed E-state index contributed by atoms with van der Waals surface area (Å²) in [4.78, 5) is 0. The Labute approximate surface area is 108 Å². The molecule has 0 spiro atoms. The summed E-state index contributed by atoms with van der Waals surface area (Å²) in [6.07, 6.45) is -0.507. The molecule has 0 saturated carbocycles. The van der Waals surface area contributed by atoms with Gasteiger partial charge in [0.15, 0.2) is 0 Å². The first-order valence-electron chi connectivity index (χ1n) is 6.26. The lowest BCUT2D eigenvalue weighted by molar-refractivity contribution is 0.0427. The second-order valence-corrected chi connectivity index (χ2v) is 4.49. The van der Waals surface area contributed by atoms with E-state index in [2.05, 4.69) is 5.32 Å². The number of aryl methyl sites for hydroxylation is 2. The first-order chi connectivity index (χ1) is 8.54. The molecule has 0 saturated heterocycles. The van der Waals surface area contributed by atoms with Gasteiger partial charge in [0, 0.05) is 19.7 Å². The van der Waals surface area contributed by atoms with E-state index in [1.807, 2.05) is 19.1 Å². The maximum absolute atomic E-state index is 13.4. The van der Waals surface area contributed by atoms with Crippen molar-refractivity contribution in [3.63, 3.8) is 0 Å². The van der Waals surface area contributed by atoms with Crippen LogP contribution in [0.3, 0.4) is 0 Å². The van der Waals surface area contributed by atoms with Crippen molar-refractivity contribution in [2.75, 3.05) is 19.8 Å². The maximum atomic E-state index is 13.4. The largest absolute Gasteiger partial charge is 0.389 e. The average Bonchev–Trinajstić information content (AvgIpc) is 2.33. The van der Waals surface area contributed by atoms with E-state index >= 15 is 0 Å². The van der Waals surface area contributed by atoms with Crippen molar-refractivity contribution in [1.82, 2.24) is 5.32 Å². The molecule has 0 amide bonds. The second kappa shape index (κ2) is 7.46. The Kier molecular flexibility index (Phi) is 6.25. The highest BCUT2D eigenvalue weighted by Crippen LogP contribution is 2.14. The lowest BCUT2D eigenvalue weighted by atomic mass is 10.1. The number of nitrogens with one attached hydrogen (secondary N) is 1. The van der Waals surface area contributed by atoms with Crippen LogP contribution in [0.15, 0.2) is 12.1 Å². The first kappa shape index (κ1) is 15.1. The van der Waals surface area contributed by atoms with E-state index in [0.29, 0.717) is 37.4 Å². The van der Waals surface area contributed by atoms with Crippen molar-refractivity contribution in [3.8, 4) is 0 Å². The molecule has 1 aromatic rings. The highest BCUT2D eigenvalue weighted by Gasteiger charge is 2.06. The first-order valence-corrected chi connectivity index (χ1v) is 6.26. The third-order valence-corrected chi connectivity index (χ3v) is 2.72. The molecule has 102 valence electrons. The van der Waals surface area contributed by atoms with Gasteiger partial charge in [0.1, 0.15) is 5.82 Å². The van der Waals surface area contributed by atoms with Crippen molar-refractivity contribution in [3.05, 3.63) is 34.6 Å². The minimum Gasteiger partial charge on any atom is -0.389 e. The third-order valence-electron chi connectivity index (χ3n) is 2.72. The molecular formula is C14H22FNO2. The van der Waals surface area contributed by atoms with Gasteiger partial charge in [-0.1, -0.05) is 12.1 Å². The monoisotopic (exact) mass is 255 g/mol. The minimum atomic E-state index is -0.507. The van der Waals surface area contributed by atoms with Gasteiger partial charge < -0.3 is 15.2 Å². The van der Waals surface area contributed by atoms with Gasteiger partial charge in [-0.2, -0.15) is 0 Å². The van der Waals surface area contributed by atoms with Crippen molar-refractivity contribution in [1.29, 1.82) is 0 Å². The maximum Gasteiger partial charge on any atom is 0.129 e. The number of ether oxygens (including phenoxy) is 1. The normalized spacial score (nSPS) is 12.7. The molecule has 0 aliphatic carbocycles. The van der Waals surface area contributed by atoms with Crippen LogP contribution in [0.1, 0.15) is 23.6 Å². The number of aliphatic hydroxyl groups excluding tert-OH is 1. The van der Waals surface area contributed by atoms with E-state index in [4.69, 9.17) is 4.74 Å². The molecule has 0 bridgehead atoms. The van der Waals surface area contributed by atoms with Crippen LogP contribution in [0.2, 0.25) is 0 Å². The molecule has 0 fully saturated rings. The van der Waals surface area contributed by atoms with Gasteiger partial charge in [-0.25, -0.2) is 4.39 Å². The Morgan fingerprint density at radius 2 is 1.94 bits per heavy atom. The van der Waals surface area contributed by atoms with E-state index in [1.165, 1.54) is 0 Å². The van der Waals surface area contributed by atoms with Crippen molar-refractivity contribution < 1.29 is 14.2 Å². The van der Waals surface area contributed by atoms with E-state index in [-0.39, 0.29) is 5.82 Å². The minimum absolute atomic E-state index is 0.143. The molecule has 1 unspecified atom stereocenters. The van der Waals surface area contributed by atoms with Crippen molar-refractivity contribution in [2.24, 2.45) is 0 Å². The van der Waals surface area contributed by atoms with Crippen molar-refractivity contribution in [2.45, 2.75) is 33.4 Å². The molecule has 0 aromatic heterocycles. The number of halogens is 1. The predicted molar refractivity (Wildman–Crippen MR) is 70.1 cm³/mol. The summed E-state index contributed by atoms with van der Waals surface area (Å²) in [7, 11) is 0. The number of hydrogen-bond donors (Lipinski definition) is 2. The van der Waals surface area contributed by atoms with E-state index in [9.17, 15) is 9.50 Å². The Morgan fingerprint density at radius 3 is 2.50 bits per heavy atom. The van der Waals surface area contributed by atoms with Gasteiger partial charge in [-0.15, -0.1) is 0 Å². The van der Waals surface area contributed by atoms with E-state index < -0.39 is 6.10 Å². The van der Waals surface area contributed by atoms with Crippen LogP contribution in [-0.2, 0) is 11.3 Å². The van der Waals surface area contributed by atoms with Gasteiger partial charge in [0.25, 0.3) is 0 Å². The standard InChI is InChI=1S/C14H22FNO2/c1-4-18-9-13(17)8-16-7-12-5-10(2)14(15)11(3)6-12/h5-6,13,16-17H,4,7-9H2,1-3H3. The fourth-order valence-corrected chi connectivity index (χ4v) is 1.83. The van der Waals surface area contributed by atoms with Crippen LogP contribution < -0.4 is 5.32 Å². The molecule has 0 radical (unpaired) electrons. The summed E-state index contributed by atoms with van der Waals surface area (Å²) in [6, 6.07) is 3.65. The predicted octanol–water partition coefficient (Wildman–Crippen LogP) is 1.93. The summed E-state index contributed by atoms with van der Waals surface area (Å²) in [5.41, 5.74) is 2.33. The molecule has 0 heterocycles. The Balaban J connectivity index is 2.40. The summed E-state index contributed by atoms with van der Waals surface area (Å²) in [6.45, 7) is 7.44. The molecular weight excluding hydrogens is 233 g/mol. The smallest absolute Gasteiger partial charge is 0.129 e. The van der Waals surface area contributed by atoms with E-state index in [1.54, 1.807) is 13.8 Å². The number of benzene rings is 1. The molecule has 1 rings (SSSR count). The number of aliphatic hydroxyl groups is 1. The lowest BCUT2D eigenvalue weighted by Crippen LogP contribution is -2.30. The summed E-state index contributed by atoms with van der Waals surface area (Å²) < 4.78 is 18.5. The molecule has 18 heavy (non-hydrogen) atoms. The Hall–Kier alpha value is -0.970. The van der Waals surface area contributed by atoms with Crippen LogP contribution in [0.25, 0.3) is 0 Å². The van der Waals surface area contributed by atoms with Crippen molar-refractivity contribution >= 4 is 0 Å². The van der Waals surface area contributed by atoms with Crippen LogP contribution in [-0.4, -0.2) is 31.0 Å². The molecule has 1 atom stereocenters. The number of rotatable bonds is 7. The zero-order valence-corrected chi connectivity index (χ0v) is 11.3. The van der Waals surface area contributed by atoms with Gasteiger partial charge in [0.2, 0.25) is 0 Å². The van der Waals surface area contributed by atoms with Crippen LogP contribution in [0.5, 0.6) is 0 Å². The zero-order chi connectivity index (χ0) is 13.5. The highest BCUT2D eigenvalue weighted by atomic mass is 19.1. The highest BCUT2D eigenvalue weighted by molar-refractivity contribution is 5.30. The Bertz CT molecular complexity index is 359. The lowest BCUT2D eigenvalue weighted by Gasteiger charge is -2.12. The third kappa shape index (κ3) is 4.72. The van der Waals surface area contributed by atoms with Crippen LogP contribution in [0.4, 0.5) is 4.39 Å². The molecule has 3 nitrogen and oxygen atoms in total. The second-order valence-electron chi connectivity index (χ2n) is 4.49.